The van der Waals surface area contributed by atoms with E-state index < -0.39 is 0 Å². The lowest BCUT2D eigenvalue weighted by molar-refractivity contribution is -0.127. The van der Waals surface area contributed by atoms with E-state index >= 15 is 0 Å². The van der Waals surface area contributed by atoms with Crippen LogP contribution in [0.4, 0.5) is 0 Å². The van der Waals surface area contributed by atoms with Crippen molar-refractivity contribution in [3.8, 4) is 0 Å². The number of methoxy groups -OCH3 is 1. The molecule has 1 rings (SSSR count). The summed E-state index contributed by atoms with van der Waals surface area (Å²) in [7, 11) is 5.22. The number of aliphatic imine (C=N–C) groups is 1. The smallest absolute Gasteiger partial charge is 0.243 e. The molecule has 2 atom stereocenters. The van der Waals surface area contributed by atoms with Gasteiger partial charge in [-0.25, -0.2) is 4.99 Å². The maximum atomic E-state index is 11.7. The van der Waals surface area contributed by atoms with Crippen LogP contribution in [-0.2, 0) is 9.53 Å². The topological polar surface area (TPSA) is 66.0 Å². The van der Waals surface area contributed by atoms with Gasteiger partial charge in [-0.15, -0.1) is 24.0 Å². The Hall–Kier alpha value is -0.570. The molecule has 7 heteroatoms. The van der Waals surface area contributed by atoms with Crippen LogP contribution in [0.2, 0.25) is 0 Å². The molecule has 0 spiro atoms. The maximum Gasteiger partial charge on any atom is 0.243 e. The fourth-order valence-electron chi connectivity index (χ4n) is 2.39. The fraction of sp³-hybridized carbons (Fsp3) is 0.867. The minimum atomic E-state index is -0.0116. The third kappa shape index (κ3) is 5.57. The average Bonchev–Trinajstić information content (AvgIpc) is 2.38. The third-order valence-electron chi connectivity index (χ3n) is 4.07. The second-order valence-electron chi connectivity index (χ2n) is 6.73. The lowest BCUT2D eigenvalue weighted by Gasteiger charge is -2.51. The fourth-order valence-corrected chi connectivity index (χ4v) is 2.39. The highest BCUT2D eigenvalue weighted by molar-refractivity contribution is 14.0. The van der Waals surface area contributed by atoms with Gasteiger partial charge in [-0.2, -0.15) is 0 Å². The van der Waals surface area contributed by atoms with Crippen LogP contribution in [0, 0.1) is 5.41 Å². The minimum absolute atomic E-state index is 0. The summed E-state index contributed by atoms with van der Waals surface area (Å²) in [6, 6.07) is 0.550. The van der Waals surface area contributed by atoms with Crippen LogP contribution >= 0.6 is 24.0 Å². The van der Waals surface area contributed by atoms with Crippen molar-refractivity contribution in [2.75, 3.05) is 27.7 Å². The molecule has 0 aromatic carbocycles. The quantitative estimate of drug-likeness (QED) is 0.397. The van der Waals surface area contributed by atoms with Crippen molar-refractivity contribution >= 4 is 35.8 Å². The number of ether oxygens (including phenoxy) is 1. The van der Waals surface area contributed by atoms with Gasteiger partial charge in [-0.1, -0.05) is 13.8 Å². The van der Waals surface area contributed by atoms with E-state index in [1.54, 1.807) is 26.1 Å². The highest BCUT2D eigenvalue weighted by atomic mass is 127. The van der Waals surface area contributed by atoms with E-state index in [0.29, 0.717) is 12.0 Å². The van der Waals surface area contributed by atoms with Gasteiger partial charge in [0.15, 0.2) is 5.96 Å². The van der Waals surface area contributed by atoms with Crippen molar-refractivity contribution in [3.05, 3.63) is 0 Å². The number of amides is 1. The summed E-state index contributed by atoms with van der Waals surface area (Å²) in [5.41, 5.74) is 0.0553. The number of carbonyl (C=O) groups excluding carboxylic acids is 1. The number of nitrogens with zero attached hydrogens (tertiary/aromatic N) is 2. The summed E-state index contributed by atoms with van der Waals surface area (Å²) in [6.45, 7) is 8.61. The van der Waals surface area contributed by atoms with Crippen LogP contribution < -0.4 is 10.6 Å². The van der Waals surface area contributed by atoms with Crippen LogP contribution in [0.3, 0.4) is 0 Å². The van der Waals surface area contributed by atoms with Crippen molar-refractivity contribution in [2.45, 2.75) is 52.3 Å². The van der Waals surface area contributed by atoms with E-state index in [-0.39, 0.29) is 54.0 Å². The molecule has 22 heavy (non-hydrogen) atoms. The molecule has 2 N–H and O–H groups in total. The largest absolute Gasteiger partial charge is 0.381 e. The number of guanidine groups is 1. The van der Waals surface area contributed by atoms with Gasteiger partial charge < -0.3 is 20.3 Å². The summed E-state index contributed by atoms with van der Waals surface area (Å²) in [6.07, 6.45) is 1.21. The van der Waals surface area contributed by atoms with Crippen LogP contribution in [0.25, 0.3) is 0 Å². The number of likely N-dealkylation sites (N-methyl/N-ethyl adjacent to an activating group) is 1. The Morgan fingerprint density at radius 2 is 2.00 bits per heavy atom. The third-order valence-corrected chi connectivity index (χ3v) is 4.07. The molecule has 0 aromatic rings. The number of rotatable bonds is 5. The van der Waals surface area contributed by atoms with Crippen LogP contribution in [0.1, 0.15) is 34.1 Å². The predicted molar refractivity (Wildman–Crippen MR) is 101 cm³/mol. The molecule has 1 aliphatic rings. The molecule has 0 bridgehead atoms. The van der Waals surface area contributed by atoms with E-state index in [4.69, 9.17) is 4.74 Å². The second kappa shape index (κ2) is 8.90. The van der Waals surface area contributed by atoms with Gasteiger partial charge in [0.25, 0.3) is 0 Å². The standard InChI is InChI=1S/C15H30N4O2.HI/c1-10(2)17-14(16-9-13(20)19(5)6)18-11-8-12(21-7)15(11,3)4;/h10-12H,8-9H2,1-7H3,(H2,16,17,18);1H. The normalized spacial score (nSPS) is 23.4. The van der Waals surface area contributed by atoms with Crippen LogP contribution in [0.15, 0.2) is 4.99 Å². The van der Waals surface area contributed by atoms with Gasteiger partial charge >= 0.3 is 0 Å². The molecule has 0 aliphatic heterocycles. The Labute approximate surface area is 151 Å². The Bertz CT molecular complexity index is 397. The molecule has 130 valence electrons. The molecule has 6 nitrogen and oxygen atoms in total. The van der Waals surface area contributed by atoms with Crippen molar-refractivity contribution in [3.63, 3.8) is 0 Å². The number of hydrogen-bond acceptors (Lipinski definition) is 3. The summed E-state index contributed by atoms with van der Waals surface area (Å²) < 4.78 is 5.46. The van der Waals surface area contributed by atoms with Gasteiger partial charge in [0.05, 0.1) is 6.10 Å². The molecule has 1 aliphatic carbocycles. The highest BCUT2D eigenvalue weighted by Gasteiger charge is 2.48. The zero-order valence-electron chi connectivity index (χ0n) is 14.8. The zero-order valence-corrected chi connectivity index (χ0v) is 17.1. The van der Waals surface area contributed by atoms with Crippen molar-refractivity contribution in [1.82, 2.24) is 15.5 Å². The van der Waals surface area contributed by atoms with Gasteiger partial charge in [0, 0.05) is 38.7 Å². The van der Waals surface area contributed by atoms with Crippen LogP contribution in [0.5, 0.6) is 0 Å². The molecule has 1 fully saturated rings. The van der Waals surface area contributed by atoms with Gasteiger partial charge in [-0.05, 0) is 20.3 Å². The zero-order chi connectivity index (χ0) is 16.2. The molecule has 0 aromatic heterocycles. The SMILES string of the molecule is COC1CC(NC(=NCC(=O)N(C)C)NC(C)C)C1(C)C.I. The maximum absolute atomic E-state index is 11.7. The Morgan fingerprint density at radius 1 is 1.41 bits per heavy atom. The summed E-state index contributed by atoms with van der Waals surface area (Å²) >= 11 is 0. The Kier molecular flexibility index (Phi) is 8.67. The van der Waals surface area contributed by atoms with E-state index in [2.05, 4.69) is 43.3 Å². The first-order valence-electron chi connectivity index (χ1n) is 7.49. The van der Waals surface area contributed by atoms with Gasteiger partial charge in [0.2, 0.25) is 5.91 Å². The first-order valence-corrected chi connectivity index (χ1v) is 7.49. The van der Waals surface area contributed by atoms with E-state index in [9.17, 15) is 4.79 Å². The molecule has 0 heterocycles. The summed E-state index contributed by atoms with van der Waals surface area (Å²) in [5, 5.41) is 6.69. The van der Waals surface area contributed by atoms with E-state index in [1.807, 2.05) is 0 Å². The number of hydrogen-bond donors (Lipinski definition) is 2. The summed E-state index contributed by atoms with van der Waals surface area (Å²) in [4.78, 5) is 17.6. The predicted octanol–water partition coefficient (Wildman–Crippen LogP) is 1.45. The molecule has 0 radical (unpaired) electrons. The van der Waals surface area contributed by atoms with Crippen LogP contribution in [-0.4, -0.2) is 62.7 Å². The molecule has 2 unspecified atom stereocenters. The minimum Gasteiger partial charge on any atom is -0.381 e. The van der Waals surface area contributed by atoms with Gasteiger partial charge in [-0.3, -0.25) is 4.79 Å². The monoisotopic (exact) mass is 426 g/mol. The molecule has 1 amide bonds. The number of carbonyl (C=O) groups is 1. The first-order chi connectivity index (χ1) is 9.68. The van der Waals surface area contributed by atoms with Crippen molar-refractivity contribution < 1.29 is 9.53 Å². The molecule has 1 saturated carbocycles. The summed E-state index contributed by atoms with van der Waals surface area (Å²) in [5.74, 6) is 0.676. The number of halogens is 1. The second-order valence-corrected chi connectivity index (χ2v) is 6.73. The number of nitrogens with one attached hydrogen (secondary N) is 2. The van der Waals surface area contributed by atoms with E-state index in [0.717, 1.165) is 6.42 Å². The van der Waals surface area contributed by atoms with E-state index in [1.165, 1.54) is 0 Å². The van der Waals surface area contributed by atoms with Gasteiger partial charge in [0.1, 0.15) is 6.54 Å². The van der Waals surface area contributed by atoms with Crippen molar-refractivity contribution in [2.24, 2.45) is 10.4 Å². The lowest BCUT2D eigenvalue weighted by atomic mass is 9.64. The molecular weight excluding hydrogens is 395 g/mol. The Balaban J connectivity index is 0.00000441. The lowest BCUT2D eigenvalue weighted by Crippen LogP contribution is -2.63. The average molecular weight is 426 g/mol. The molecular formula is C15H31IN4O2. The van der Waals surface area contributed by atoms with Crippen molar-refractivity contribution in [1.29, 1.82) is 0 Å². The molecule has 0 saturated heterocycles. The first kappa shape index (κ1) is 21.4. The Morgan fingerprint density at radius 3 is 2.41 bits per heavy atom. The highest BCUT2D eigenvalue weighted by Crippen LogP contribution is 2.42.